The largest absolute Gasteiger partial charge is 0.471 e. The second-order valence-corrected chi connectivity index (χ2v) is 4.48. The number of nitrogens with one attached hydrogen (secondary N) is 1. The topological polar surface area (TPSA) is 74.6 Å². The van der Waals surface area contributed by atoms with Crippen LogP contribution < -0.4 is 4.74 Å². The van der Waals surface area contributed by atoms with E-state index in [2.05, 4.69) is 21.5 Å². The Bertz CT molecular complexity index is 740. The van der Waals surface area contributed by atoms with Crippen LogP contribution in [-0.2, 0) is 6.61 Å². The Hall–Kier alpha value is -3.13. The third-order valence-corrected chi connectivity index (χ3v) is 3.08. The van der Waals surface area contributed by atoms with Gasteiger partial charge in [0.05, 0.1) is 11.6 Å². The van der Waals surface area contributed by atoms with E-state index in [4.69, 9.17) is 10.00 Å². The molecule has 1 N–H and O–H groups in total. The van der Waals surface area contributed by atoms with Crippen LogP contribution in [0.3, 0.4) is 0 Å². The molecule has 0 atom stereocenters. The molecule has 0 spiro atoms. The third-order valence-electron chi connectivity index (χ3n) is 3.08. The monoisotopic (exact) mass is 276 g/mol. The molecule has 1 heterocycles. The van der Waals surface area contributed by atoms with Crippen molar-refractivity contribution in [3.63, 3.8) is 0 Å². The molecule has 0 unspecified atom stereocenters. The summed E-state index contributed by atoms with van der Waals surface area (Å²) in [5.74, 6) is 0.478. The van der Waals surface area contributed by atoms with Crippen LogP contribution in [0.25, 0.3) is 11.1 Å². The quantitative estimate of drug-likeness (QED) is 0.795. The molecule has 3 rings (SSSR count). The van der Waals surface area contributed by atoms with E-state index in [9.17, 15) is 0 Å². The Morgan fingerprint density at radius 1 is 1.00 bits per heavy atom. The molecule has 1 aromatic heterocycles. The van der Waals surface area contributed by atoms with Crippen LogP contribution in [0.1, 0.15) is 11.1 Å². The van der Waals surface area contributed by atoms with Crippen LogP contribution in [0.4, 0.5) is 0 Å². The van der Waals surface area contributed by atoms with Gasteiger partial charge in [-0.15, -0.1) is 5.10 Å². The van der Waals surface area contributed by atoms with Gasteiger partial charge in [0.1, 0.15) is 12.8 Å². The second-order valence-electron chi connectivity index (χ2n) is 4.48. The Kier molecular flexibility index (Phi) is 3.61. The first kappa shape index (κ1) is 12.9. The minimum Gasteiger partial charge on any atom is -0.471 e. The molecule has 0 amide bonds. The summed E-state index contributed by atoms with van der Waals surface area (Å²) < 4.78 is 5.47. The van der Waals surface area contributed by atoms with Crippen molar-refractivity contribution in [3.8, 4) is 23.1 Å². The van der Waals surface area contributed by atoms with Gasteiger partial charge in [0.2, 0.25) is 0 Å². The molecular weight excluding hydrogens is 264 g/mol. The summed E-state index contributed by atoms with van der Waals surface area (Å²) >= 11 is 0. The highest BCUT2D eigenvalue weighted by atomic mass is 16.5. The zero-order valence-electron chi connectivity index (χ0n) is 11.2. The van der Waals surface area contributed by atoms with Gasteiger partial charge >= 0.3 is 0 Å². The van der Waals surface area contributed by atoms with E-state index >= 15 is 0 Å². The maximum Gasteiger partial charge on any atom is 0.253 e. The maximum atomic E-state index is 8.80. The number of benzene rings is 2. The smallest absolute Gasteiger partial charge is 0.253 e. The zero-order chi connectivity index (χ0) is 14.5. The Labute approximate surface area is 121 Å². The normalized spacial score (nSPS) is 10.0. The molecule has 0 radical (unpaired) electrons. The lowest BCUT2D eigenvalue weighted by Crippen LogP contribution is -1.95. The predicted octanol–water partition coefficient (Wildman–Crippen LogP) is 2.92. The molecule has 0 saturated carbocycles. The van der Waals surface area contributed by atoms with Gasteiger partial charge in [-0.05, 0) is 28.8 Å². The summed E-state index contributed by atoms with van der Waals surface area (Å²) in [6.45, 7) is 0.445. The van der Waals surface area contributed by atoms with Gasteiger partial charge in [0.15, 0.2) is 0 Å². The van der Waals surface area contributed by atoms with Crippen LogP contribution in [0.5, 0.6) is 5.88 Å². The highest BCUT2D eigenvalue weighted by Gasteiger charge is 2.01. The number of nitriles is 1. The SMILES string of the molecule is N#Cc1ccc(-c2ccc(COc3cn[nH]n3)cc2)cc1. The highest BCUT2D eigenvalue weighted by Crippen LogP contribution is 2.20. The Balaban J connectivity index is 1.69. The van der Waals surface area contributed by atoms with Gasteiger partial charge in [-0.3, -0.25) is 0 Å². The van der Waals surface area contributed by atoms with Crippen molar-refractivity contribution in [2.75, 3.05) is 0 Å². The number of hydrogen-bond donors (Lipinski definition) is 1. The number of ether oxygens (including phenoxy) is 1. The first-order chi connectivity index (χ1) is 10.3. The summed E-state index contributed by atoms with van der Waals surface area (Å²) in [4.78, 5) is 0. The first-order valence-corrected chi connectivity index (χ1v) is 6.43. The Morgan fingerprint density at radius 2 is 1.67 bits per heavy atom. The lowest BCUT2D eigenvalue weighted by Gasteiger charge is -2.05. The summed E-state index contributed by atoms with van der Waals surface area (Å²) in [7, 11) is 0. The van der Waals surface area contributed by atoms with E-state index in [-0.39, 0.29) is 0 Å². The highest BCUT2D eigenvalue weighted by molar-refractivity contribution is 5.64. The average Bonchev–Trinajstić information content (AvgIpc) is 3.07. The minimum absolute atomic E-state index is 0.445. The average molecular weight is 276 g/mol. The molecule has 21 heavy (non-hydrogen) atoms. The summed E-state index contributed by atoms with van der Waals surface area (Å²) in [5.41, 5.74) is 3.90. The number of hydrogen-bond acceptors (Lipinski definition) is 4. The van der Waals surface area contributed by atoms with Gasteiger partial charge in [0.25, 0.3) is 5.88 Å². The van der Waals surface area contributed by atoms with E-state index in [1.54, 1.807) is 0 Å². The van der Waals surface area contributed by atoms with Gasteiger partial charge in [0, 0.05) is 0 Å². The molecule has 3 aromatic rings. The first-order valence-electron chi connectivity index (χ1n) is 6.43. The fourth-order valence-electron chi connectivity index (χ4n) is 1.95. The zero-order valence-corrected chi connectivity index (χ0v) is 11.2. The van der Waals surface area contributed by atoms with Crippen molar-refractivity contribution < 1.29 is 4.74 Å². The van der Waals surface area contributed by atoms with Crippen LogP contribution in [-0.4, -0.2) is 15.4 Å². The van der Waals surface area contributed by atoms with Gasteiger partial charge in [-0.1, -0.05) is 36.4 Å². The van der Waals surface area contributed by atoms with Gasteiger partial charge in [-0.2, -0.15) is 15.6 Å². The van der Waals surface area contributed by atoms with Crippen LogP contribution in [0.2, 0.25) is 0 Å². The van der Waals surface area contributed by atoms with Crippen LogP contribution in [0, 0.1) is 11.3 Å². The third kappa shape index (κ3) is 3.07. The molecule has 0 aliphatic rings. The van der Waals surface area contributed by atoms with Crippen LogP contribution >= 0.6 is 0 Å². The van der Waals surface area contributed by atoms with E-state index in [1.807, 2.05) is 48.5 Å². The number of aromatic nitrogens is 3. The fraction of sp³-hybridized carbons (Fsp3) is 0.0625. The van der Waals surface area contributed by atoms with Gasteiger partial charge < -0.3 is 4.74 Å². The summed E-state index contributed by atoms with van der Waals surface area (Å²) in [6, 6.07) is 17.7. The van der Waals surface area contributed by atoms with Crippen molar-refractivity contribution in [2.45, 2.75) is 6.61 Å². The van der Waals surface area contributed by atoms with Crippen LogP contribution in [0.15, 0.2) is 54.7 Å². The van der Waals surface area contributed by atoms with Crippen molar-refractivity contribution in [1.82, 2.24) is 15.4 Å². The number of nitrogens with zero attached hydrogens (tertiary/aromatic N) is 3. The number of rotatable bonds is 4. The fourth-order valence-corrected chi connectivity index (χ4v) is 1.95. The molecule has 2 aromatic carbocycles. The van der Waals surface area contributed by atoms with Crippen molar-refractivity contribution in [3.05, 3.63) is 65.9 Å². The second kappa shape index (κ2) is 5.88. The minimum atomic E-state index is 0.445. The molecule has 0 aliphatic carbocycles. The van der Waals surface area contributed by atoms with E-state index in [0.717, 1.165) is 16.7 Å². The van der Waals surface area contributed by atoms with Crippen molar-refractivity contribution in [1.29, 1.82) is 5.26 Å². The van der Waals surface area contributed by atoms with E-state index in [1.165, 1.54) is 6.20 Å². The molecular formula is C16H12N4O. The molecule has 0 bridgehead atoms. The summed E-state index contributed by atoms with van der Waals surface area (Å²) in [5, 5.41) is 18.8. The van der Waals surface area contributed by atoms with Gasteiger partial charge in [-0.25, -0.2) is 0 Å². The van der Waals surface area contributed by atoms with Crippen molar-refractivity contribution >= 4 is 0 Å². The van der Waals surface area contributed by atoms with E-state index < -0.39 is 0 Å². The molecule has 102 valence electrons. The predicted molar refractivity (Wildman–Crippen MR) is 77.3 cm³/mol. The molecule has 0 fully saturated rings. The lowest BCUT2D eigenvalue weighted by atomic mass is 10.0. The molecule has 0 saturated heterocycles. The molecule has 0 aliphatic heterocycles. The van der Waals surface area contributed by atoms with E-state index in [0.29, 0.717) is 18.1 Å². The Morgan fingerprint density at radius 3 is 2.24 bits per heavy atom. The lowest BCUT2D eigenvalue weighted by molar-refractivity contribution is 0.293. The number of aromatic amines is 1. The number of H-pyrrole nitrogens is 1. The summed E-state index contributed by atoms with van der Waals surface area (Å²) in [6.07, 6.45) is 1.53. The molecule has 5 nitrogen and oxygen atoms in total. The standard InChI is InChI=1S/C16H12N4O/c17-9-12-1-5-14(6-2-12)15-7-3-13(4-8-15)11-21-16-10-18-20-19-16/h1-8,10H,11H2,(H,18,19,20). The molecule has 5 heteroatoms. The maximum absolute atomic E-state index is 8.80. The van der Waals surface area contributed by atoms with Crippen molar-refractivity contribution in [2.24, 2.45) is 0 Å².